The summed E-state index contributed by atoms with van der Waals surface area (Å²) < 4.78 is 5.50. The van der Waals surface area contributed by atoms with E-state index in [1.807, 2.05) is 23.1 Å². The van der Waals surface area contributed by atoms with Crippen LogP contribution < -0.4 is 0 Å². The first-order valence-electron chi connectivity index (χ1n) is 9.77. The van der Waals surface area contributed by atoms with Crippen LogP contribution in [0.15, 0.2) is 53.0 Å². The van der Waals surface area contributed by atoms with Crippen LogP contribution in [0.1, 0.15) is 29.5 Å². The van der Waals surface area contributed by atoms with Crippen LogP contribution >= 0.6 is 23.2 Å². The molecule has 1 amide bonds. The summed E-state index contributed by atoms with van der Waals surface area (Å²) in [5.74, 6) is 0.863. The van der Waals surface area contributed by atoms with Gasteiger partial charge in [0.15, 0.2) is 0 Å². The van der Waals surface area contributed by atoms with Crippen molar-refractivity contribution in [3.8, 4) is 0 Å². The fraction of sp³-hybridized carbons (Fsp3) is 0.304. The molecular weight excluding hydrogens is 407 g/mol. The molecule has 0 unspecified atom stereocenters. The van der Waals surface area contributed by atoms with Crippen molar-refractivity contribution in [3.05, 3.63) is 74.8 Å². The molecule has 0 N–H and O–H groups in total. The van der Waals surface area contributed by atoms with Crippen LogP contribution in [-0.4, -0.2) is 42.9 Å². The molecule has 1 fully saturated rings. The molecule has 4 nitrogen and oxygen atoms in total. The lowest BCUT2D eigenvalue weighted by Gasteiger charge is -2.28. The predicted octanol–water partition coefficient (Wildman–Crippen LogP) is 5.02. The largest absolute Gasteiger partial charge is 0.476 e. The Bertz CT molecular complexity index is 957. The lowest BCUT2D eigenvalue weighted by atomic mass is 9.99. The molecule has 0 aromatic heterocycles. The third kappa shape index (κ3) is 5.01. The minimum Gasteiger partial charge on any atom is -0.476 e. The van der Waals surface area contributed by atoms with Crippen LogP contribution in [0, 0.1) is 0 Å². The lowest BCUT2D eigenvalue weighted by molar-refractivity contribution is -0.130. The van der Waals surface area contributed by atoms with E-state index in [1.165, 1.54) is 5.57 Å². The molecule has 1 saturated heterocycles. The van der Waals surface area contributed by atoms with Gasteiger partial charge < -0.3 is 9.64 Å². The number of carbonyl (C=O) groups excluding carboxylic acids is 1. The van der Waals surface area contributed by atoms with Crippen molar-refractivity contribution in [3.63, 3.8) is 0 Å². The Balaban J connectivity index is 1.32. The van der Waals surface area contributed by atoms with Crippen molar-refractivity contribution < 1.29 is 9.53 Å². The zero-order valence-electron chi connectivity index (χ0n) is 16.0. The van der Waals surface area contributed by atoms with E-state index in [4.69, 9.17) is 27.9 Å². The van der Waals surface area contributed by atoms with E-state index < -0.39 is 0 Å². The van der Waals surface area contributed by atoms with Crippen molar-refractivity contribution >= 4 is 41.1 Å². The molecule has 2 aliphatic heterocycles. The normalized spacial score (nSPS) is 16.4. The molecule has 4 rings (SSSR count). The third-order valence-electron chi connectivity index (χ3n) is 5.21. The van der Waals surface area contributed by atoms with Crippen LogP contribution in [0.3, 0.4) is 0 Å². The Morgan fingerprint density at radius 2 is 1.83 bits per heavy atom. The average molecular weight is 429 g/mol. The average Bonchev–Trinajstić information content (AvgIpc) is 3.27. The molecule has 0 bridgehead atoms. The topological polar surface area (TPSA) is 41.9 Å². The van der Waals surface area contributed by atoms with Crippen molar-refractivity contribution in [2.24, 2.45) is 4.99 Å². The highest BCUT2D eigenvalue weighted by atomic mass is 35.5. The Labute approximate surface area is 180 Å². The summed E-state index contributed by atoms with van der Waals surface area (Å²) in [6, 6.07) is 13.6. The number of hydrogen-bond acceptors (Lipinski definition) is 3. The van der Waals surface area contributed by atoms with Crippen molar-refractivity contribution in [1.82, 2.24) is 4.90 Å². The number of ether oxygens (including phenoxy) is 1. The van der Waals surface area contributed by atoms with Crippen LogP contribution in [0.5, 0.6) is 0 Å². The molecule has 150 valence electrons. The van der Waals surface area contributed by atoms with E-state index in [1.54, 1.807) is 12.1 Å². The first kappa shape index (κ1) is 20.0. The number of nitrogens with zero attached hydrogens (tertiary/aromatic N) is 2. The molecule has 0 atom stereocenters. The second-order valence-electron chi connectivity index (χ2n) is 7.27. The van der Waals surface area contributed by atoms with Gasteiger partial charge in [-0.15, -0.1) is 0 Å². The van der Waals surface area contributed by atoms with Crippen LogP contribution in [0.2, 0.25) is 10.0 Å². The van der Waals surface area contributed by atoms with Crippen LogP contribution in [0.4, 0.5) is 0 Å². The summed E-state index contributed by atoms with van der Waals surface area (Å²) in [5, 5.41) is 0.992. The SMILES string of the molecule is O=C(Cc1ccc(Cl)c(Cl)c1)N1CCC(=Cc2ccc(C3=NCCO3)cc2)CC1. The lowest BCUT2D eigenvalue weighted by Crippen LogP contribution is -2.37. The Hall–Kier alpha value is -2.30. The smallest absolute Gasteiger partial charge is 0.227 e. The Kier molecular flexibility index (Phi) is 6.22. The van der Waals surface area contributed by atoms with Gasteiger partial charge in [-0.3, -0.25) is 4.79 Å². The molecule has 6 heteroatoms. The standard InChI is InChI=1S/C23H22Cl2N2O2/c24-20-6-3-18(14-21(20)25)15-22(28)27-10-7-17(8-11-27)13-16-1-4-19(5-2-16)23-26-9-12-29-23/h1-6,13-14H,7-12,15H2. The maximum atomic E-state index is 12.6. The highest BCUT2D eigenvalue weighted by molar-refractivity contribution is 6.42. The minimum absolute atomic E-state index is 0.129. The Morgan fingerprint density at radius 1 is 1.07 bits per heavy atom. The minimum atomic E-state index is 0.129. The first-order chi connectivity index (χ1) is 14.1. The monoisotopic (exact) mass is 428 g/mol. The number of likely N-dealkylation sites (tertiary alicyclic amines) is 1. The van der Waals surface area contributed by atoms with E-state index in [2.05, 4.69) is 23.2 Å². The molecular formula is C23H22Cl2N2O2. The van der Waals surface area contributed by atoms with Crippen LogP contribution in [-0.2, 0) is 16.0 Å². The predicted molar refractivity (Wildman–Crippen MR) is 118 cm³/mol. The van der Waals surface area contributed by atoms with E-state index >= 15 is 0 Å². The molecule has 0 spiro atoms. The van der Waals surface area contributed by atoms with Crippen molar-refractivity contribution in [2.45, 2.75) is 19.3 Å². The van der Waals surface area contributed by atoms with Gasteiger partial charge in [-0.05, 0) is 48.2 Å². The number of amides is 1. The molecule has 2 heterocycles. The molecule has 2 aromatic carbocycles. The van der Waals surface area contributed by atoms with Gasteiger partial charge in [0.1, 0.15) is 6.61 Å². The fourth-order valence-electron chi connectivity index (χ4n) is 3.59. The van der Waals surface area contributed by atoms with E-state index in [0.717, 1.165) is 55.1 Å². The van der Waals surface area contributed by atoms with Gasteiger partial charge >= 0.3 is 0 Å². The highest BCUT2D eigenvalue weighted by Crippen LogP contribution is 2.24. The summed E-state index contributed by atoms with van der Waals surface area (Å²) in [5.41, 5.74) is 4.44. The van der Waals surface area contributed by atoms with Crippen molar-refractivity contribution in [2.75, 3.05) is 26.2 Å². The molecule has 2 aliphatic rings. The third-order valence-corrected chi connectivity index (χ3v) is 5.95. The number of carbonyl (C=O) groups is 1. The fourth-order valence-corrected chi connectivity index (χ4v) is 3.91. The van der Waals surface area contributed by atoms with E-state index in [9.17, 15) is 4.79 Å². The van der Waals surface area contributed by atoms with Gasteiger partial charge in [0, 0.05) is 18.7 Å². The number of piperidine rings is 1. The molecule has 0 aliphatic carbocycles. The molecule has 29 heavy (non-hydrogen) atoms. The van der Waals surface area contributed by atoms with Crippen LogP contribution in [0.25, 0.3) is 6.08 Å². The number of aliphatic imine (C=N–C) groups is 1. The highest BCUT2D eigenvalue weighted by Gasteiger charge is 2.19. The summed E-state index contributed by atoms with van der Waals surface area (Å²) in [4.78, 5) is 18.9. The zero-order valence-corrected chi connectivity index (χ0v) is 17.5. The quantitative estimate of drug-likeness (QED) is 0.685. The number of benzene rings is 2. The maximum absolute atomic E-state index is 12.6. The van der Waals surface area contributed by atoms with Gasteiger partial charge in [0.2, 0.25) is 11.8 Å². The summed E-state index contributed by atoms with van der Waals surface area (Å²) >= 11 is 12.0. The molecule has 2 aromatic rings. The number of hydrogen-bond donors (Lipinski definition) is 0. The number of rotatable bonds is 4. The van der Waals surface area contributed by atoms with Gasteiger partial charge in [-0.2, -0.15) is 0 Å². The number of halogens is 2. The molecule has 0 radical (unpaired) electrons. The van der Waals surface area contributed by atoms with E-state index in [-0.39, 0.29) is 5.91 Å². The second kappa shape index (κ2) is 9.02. The van der Waals surface area contributed by atoms with E-state index in [0.29, 0.717) is 23.1 Å². The first-order valence-corrected chi connectivity index (χ1v) is 10.5. The van der Waals surface area contributed by atoms with Gasteiger partial charge in [-0.1, -0.05) is 53.1 Å². The van der Waals surface area contributed by atoms with Crippen molar-refractivity contribution in [1.29, 1.82) is 0 Å². The maximum Gasteiger partial charge on any atom is 0.227 e. The van der Waals surface area contributed by atoms with Gasteiger partial charge in [0.25, 0.3) is 0 Å². The summed E-state index contributed by atoms with van der Waals surface area (Å²) in [7, 11) is 0. The Morgan fingerprint density at radius 3 is 2.48 bits per heavy atom. The molecule has 0 saturated carbocycles. The van der Waals surface area contributed by atoms with Gasteiger partial charge in [0.05, 0.1) is 23.0 Å². The second-order valence-corrected chi connectivity index (χ2v) is 8.08. The zero-order chi connectivity index (χ0) is 20.2. The van der Waals surface area contributed by atoms with Gasteiger partial charge in [-0.25, -0.2) is 4.99 Å². The summed E-state index contributed by atoms with van der Waals surface area (Å²) in [6.07, 6.45) is 4.36. The summed E-state index contributed by atoms with van der Waals surface area (Å²) in [6.45, 7) is 2.90.